The maximum atomic E-state index is 7.12. The van der Waals surface area contributed by atoms with Crippen molar-refractivity contribution in [3.8, 4) is 0 Å². The van der Waals surface area contributed by atoms with Gasteiger partial charge in [-0.05, 0) is 0 Å². The topological polar surface area (TPSA) is 41.7 Å². The molecule has 0 aliphatic heterocycles. The predicted octanol–water partition coefficient (Wildman–Crippen LogP) is -0.100. The van der Waals surface area contributed by atoms with Crippen LogP contribution in [0.4, 0.5) is 0 Å². The standard InChI is InChI=1S/C5H7N3/c1-8-3-2-7-4-5(8)6/h2-4,6H,1H3. The molecule has 0 atom stereocenters. The molecule has 0 saturated carbocycles. The van der Waals surface area contributed by atoms with Gasteiger partial charge in [0, 0.05) is 19.4 Å². The average Bonchev–Trinajstić information content (AvgIpc) is 1.77. The molecule has 0 aliphatic carbocycles. The smallest absolute Gasteiger partial charge is 0.143 e. The fourth-order valence-electron chi connectivity index (χ4n) is 0.423. The molecule has 1 aromatic heterocycles. The minimum Gasteiger partial charge on any atom is -0.334 e. The zero-order valence-electron chi connectivity index (χ0n) is 4.63. The number of aryl methyl sites for hydroxylation is 1. The highest BCUT2D eigenvalue weighted by Gasteiger charge is 1.76. The lowest BCUT2D eigenvalue weighted by Gasteiger charge is -1.91. The highest BCUT2D eigenvalue weighted by atomic mass is 15.0. The van der Waals surface area contributed by atoms with Crippen molar-refractivity contribution in [1.29, 1.82) is 5.41 Å². The Morgan fingerprint density at radius 2 is 2.50 bits per heavy atom. The van der Waals surface area contributed by atoms with Gasteiger partial charge in [-0.2, -0.15) is 0 Å². The third-order valence-electron chi connectivity index (χ3n) is 0.953. The van der Waals surface area contributed by atoms with Gasteiger partial charge in [0.05, 0.1) is 6.20 Å². The van der Waals surface area contributed by atoms with E-state index in [1.165, 1.54) is 6.20 Å². The first-order valence-electron chi connectivity index (χ1n) is 2.32. The van der Waals surface area contributed by atoms with Crippen molar-refractivity contribution >= 4 is 0 Å². The van der Waals surface area contributed by atoms with Crippen LogP contribution in [-0.4, -0.2) is 9.55 Å². The van der Waals surface area contributed by atoms with Crippen LogP contribution in [0.25, 0.3) is 0 Å². The number of hydrogen-bond donors (Lipinski definition) is 1. The maximum Gasteiger partial charge on any atom is 0.143 e. The van der Waals surface area contributed by atoms with Gasteiger partial charge in [0.25, 0.3) is 0 Å². The summed E-state index contributed by atoms with van der Waals surface area (Å²) in [6.07, 6.45) is 4.89. The minimum absolute atomic E-state index is 0.424. The van der Waals surface area contributed by atoms with Crippen LogP contribution in [0.5, 0.6) is 0 Å². The number of aromatic nitrogens is 2. The zero-order chi connectivity index (χ0) is 5.98. The van der Waals surface area contributed by atoms with Crippen molar-refractivity contribution in [3.05, 3.63) is 24.1 Å². The Kier molecular flexibility index (Phi) is 1.12. The Labute approximate surface area is 47.1 Å². The number of nitrogens with one attached hydrogen (secondary N) is 1. The summed E-state index contributed by atoms with van der Waals surface area (Å²) < 4.78 is 1.69. The molecule has 3 heteroatoms. The Morgan fingerprint density at radius 3 is 2.88 bits per heavy atom. The Morgan fingerprint density at radius 1 is 1.75 bits per heavy atom. The highest BCUT2D eigenvalue weighted by Crippen LogP contribution is 1.66. The van der Waals surface area contributed by atoms with Crippen molar-refractivity contribution in [2.24, 2.45) is 7.05 Å². The predicted molar refractivity (Wildman–Crippen MR) is 29.1 cm³/mol. The second kappa shape index (κ2) is 1.78. The van der Waals surface area contributed by atoms with Gasteiger partial charge < -0.3 is 4.57 Å². The number of hydrogen-bond acceptors (Lipinski definition) is 2. The van der Waals surface area contributed by atoms with Gasteiger partial charge >= 0.3 is 0 Å². The maximum absolute atomic E-state index is 7.12. The first-order chi connectivity index (χ1) is 3.80. The third-order valence-corrected chi connectivity index (χ3v) is 0.953. The van der Waals surface area contributed by atoms with Gasteiger partial charge in [-0.1, -0.05) is 0 Å². The normalized spacial score (nSPS) is 9.12. The Hall–Kier alpha value is -1.12. The highest BCUT2D eigenvalue weighted by molar-refractivity contribution is 4.74. The molecule has 42 valence electrons. The van der Waals surface area contributed by atoms with Crippen LogP contribution in [0.2, 0.25) is 0 Å². The lowest BCUT2D eigenvalue weighted by Crippen LogP contribution is -2.14. The van der Waals surface area contributed by atoms with E-state index in [0.717, 1.165) is 0 Å². The SMILES string of the molecule is Cn1ccncc1=N. The molecule has 3 nitrogen and oxygen atoms in total. The van der Waals surface area contributed by atoms with Crippen molar-refractivity contribution in [2.75, 3.05) is 0 Å². The molecule has 1 heterocycles. The van der Waals surface area contributed by atoms with Gasteiger partial charge in [-0.3, -0.25) is 10.4 Å². The van der Waals surface area contributed by atoms with Crippen molar-refractivity contribution < 1.29 is 0 Å². The molecular formula is C5H7N3. The zero-order valence-corrected chi connectivity index (χ0v) is 4.63. The summed E-state index contributed by atoms with van der Waals surface area (Å²) in [6, 6.07) is 0. The molecule has 0 spiro atoms. The quantitative estimate of drug-likeness (QED) is 0.496. The van der Waals surface area contributed by atoms with Crippen LogP contribution in [0.1, 0.15) is 0 Å². The molecular weight excluding hydrogens is 102 g/mol. The van der Waals surface area contributed by atoms with E-state index in [1.807, 2.05) is 7.05 Å². The molecule has 0 amide bonds. The van der Waals surface area contributed by atoms with Crippen LogP contribution in [-0.2, 0) is 7.05 Å². The molecule has 0 unspecified atom stereocenters. The summed E-state index contributed by atoms with van der Waals surface area (Å²) >= 11 is 0. The molecule has 0 fully saturated rings. The second-order valence-corrected chi connectivity index (χ2v) is 1.57. The average molecular weight is 109 g/mol. The van der Waals surface area contributed by atoms with E-state index in [9.17, 15) is 0 Å². The van der Waals surface area contributed by atoms with E-state index in [0.29, 0.717) is 5.49 Å². The number of rotatable bonds is 0. The lowest BCUT2D eigenvalue weighted by atomic mass is 10.7. The molecule has 1 aromatic rings. The Balaban J connectivity index is 3.35. The summed E-state index contributed by atoms with van der Waals surface area (Å²) in [5, 5.41) is 7.12. The third kappa shape index (κ3) is 0.753. The van der Waals surface area contributed by atoms with E-state index in [2.05, 4.69) is 4.98 Å². The van der Waals surface area contributed by atoms with Gasteiger partial charge in [-0.15, -0.1) is 0 Å². The summed E-state index contributed by atoms with van der Waals surface area (Å²) in [7, 11) is 1.81. The minimum atomic E-state index is 0.424. The monoisotopic (exact) mass is 109 g/mol. The van der Waals surface area contributed by atoms with Crippen molar-refractivity contribution in [2.45, 2.75) is 0 Å². The van der Waals surface area contributed by atoms with Crippen LogP contribution in [0, 0.1) is 5.41 Å². The Bertz CT molecular complexity index is 225. The molecule has 0 bridgehead atoms. The first kappa shape index (κ1) is 5.03. The fraction of sp³-hybridized carbons (Fsp3) is 0.200. The molecule has 1 rings (SSSR count). The molecule has 1 N–H and O–H groups in total. The fourth-order valence-corrected chi connectivity index (χ4v) is 0.423. The van der Waals surface area contributed by atoms with Gasteiger partial charge in [-0.25, -0.2) is 0 Å². The van der Waals surface area contributed by atoms with Crippen molar-refractivity contribution in [1.82, 2.24) is 9.55 Å². The van der Waals surface area contributed by atoms with Crippen LogP contribution in [0.15, 0.2) is 18.6 Å². The lowest BCUT2D eigenvalue weighted by molar-refractivity contribution is 0.798. The molecule has 0 saturated heterocycles. The van der Waals surface area contributed by atoms with Crippen LogP contribution >= 0.6 is 0 Å². The van der Waals surface area contributed by atoms with Crippen molar-refractivity contribution in [3.63, 3.8) is 0 Å². The largest absolute Gasteiger partial charge is 0.334 e. The number of nitrogens with zero attached hydrogens (tertiary/aromatic N) is 2. The van der Waals surface area contributed by atoms with E-state index < -0.39 is 0 Å². The van der Waals surface area contributed by atoms with Gasteiger partial charge in [0.1, 0.15) is 5.49 Å². The van der Waals surface area contributed by atoms with E-state index in [1.54, 1.807) is 17.0 Å². The van der Waals surface area contributed by atoms with Crippen LogP contribution in [0.3, 0.4) is 0 Å². The molecule has 0 radical (unpaired) electrons. The molecule has 8 heavy (non-hydrogen) atoms. The summed E-state index contributed by atoms with van der Waals surface area (Å²) in [6.45, 7) is 0. The summed E-state index contributed by atoms with van der Waals surface area (Å²) in [4.78, 5) is 3.74. The second-order valence-electron chi connectivity index (χ2n) is 1.57. The summed E-state index contributed by atoms with van der Waals surface area (Å²) in [5.41, 5.74) is 0.424. The van der Waals surface area contributed by atoms with E-state index in [4.69, 9.17) is 5.41 Å². The van der Waals surface area contributed by atoms with E-state index >= 15 is 0 Å². The van der Waals surface area contributed by atoms with Gasteiger partial charge in [0.15, 0.2) is 0 Å². The van der Waals surface area contributed by atoms with Gasteiger partial charge in [0.2, 0.25) is 0 Å². The van der Waals surface area contributed by atoms with E-state index in [-0.39, 0.29) is 0 Å². The molecule has 0 aliphatic rings. The van der Waals surface area contributed by atoms with Crippen LogP contribution < -0.4 is 5.49 Å². The summed E-state index contributed by atoms with van der Waals surface area (Å²) in [5.74, 6) is 0. The first-order valence-corrected chi connectivity index (χ1v) is 2.32. The molecule has 0 aromatic carbocycles.